The molecule has 1 unspecified atom stereocenters. The third-order valence-corrected chi connectivity index (χ3v) is 3.94. The summed E-state index contributed by atoms with van der Waals surface area (Å²) in [5.74, 6) is 0.945. The predicted octanol–water partition coefficient (Wildman–Crippen LogP) is 3.45. The van der Waals surface area contributed by atoms with Crippen LogP contribution in [0.2, 0.25) is 0 Å². The average molecular weight is 294 g/mol. The summed E-state index contributed by atoms with van der Waals surface area (Å²) in [6, 6.07) is 10.6. The van der Waals surface area contributed by atoms with Gasteiger partial charge in [0.25, 0.3) is 0 Å². The molecule has 4 nitrogen and oxygen atoms in total. The second-order valence-electron chi connectivity index (χ2n) is 5.94. The molecule has 2 heterocycles. The fourth-order valence-corrected chi connectivity index (χ4v) is 2.65. The molecular formula is C18H22N4. The molecule has 3 rings (SSSR count). The first-order valence-corrected chi connectivity index (χ1v) is 7.74. The molecule has 0 saturated heterocycles. The topological polar surface area (TPSA) is 56.7 Å². The van der Waals surface area contributed by atoms with Crippen molar-refractivity contribution in [2.75, 3.05) is 0 Å². The van der Waals surface area contributed by atoms with Gasteiger partial charge in [-0.3, -0.25) is 0 Å². The number of nitrogens with two attached hydrogens (primary N) is 1. The molecule has 0 spiro atoms. The maximum atomic E-state index is 6.19. The van der Waals surface area contributed by atoms with E-state index in [0.717, 1.165) is 41.1 Å². The van der Waals surface area contributed by atoms with E-state index in [2.05, 4.69) is 53.7 Å². The van der Waals surface area contributed by atoms with Crippen LogP contribution in [0.4, 0.5) is 0 Å². The van der Waals surface area contributed by atoms with Gasteiger partial charge in [-0.05, 0) is 38.0 Å². The Kier molecular flexibility index (Phi) is 3.94. The Morgan fingerprint density at radius 1 is 1.18 bits per heavy atom. The lowest BCUT2D eigenvalue weighted by Crippen LogP contribution is -2.25. The van der Waals surface area contributed by atoms with E-state index < -0.39 is 0 Å². The van der Waals surface area contributed by atoms with Gasteiger partial charge in [-0.1, -0.05) is 30.7 Å². The fraction of sp³-hybridized carbons (Fsp3) is 0.333. The molecule has 0 bridgehead atoms. The molecule has 2 aromatic heterocycles. The van der Waals surface area contributed by atoms with Gasteiger partial charge >= 0.3 is 0 Å². The minimum Gasteiger partial charge on any atom is -0.326 e. The number of imidazole rings is 1. The Morgan fingerprint density at radius 3 is 2.73 bits per heavy atom. The van der Waals surface area contributed by atoms with Gasteiger partial charge in [0.1, 0.15) is 11.3 Å². The van der Waals surface area contributed by atoms with Crippen molar-refractivity contribution in [2.45, 2.75) is 39.8 Å². The number of rotatable bonds is 4. The molecule has 0 radical (unpaired) electrons. The summed E-state index contributed by atoms with van der Waals surface area (Å²) in [4.78, 5) is 9.40. The fourth-order valence-electron chi connectivity index (χ4n) is 2.65. The zero-order valence-electron chi connectivity index (χ0n) is 13.4. The van der Waals surface area contributed by atoms with Gasteiger partial charge in [-0.2, -0.15) is 0 Å². The van der Waals surface area contributed by atoms with Gasteiger partial charge in [-0.15, -0.1) is 0 Å². The van der Waals surface area contributed by atoms with Crippen LogP contribution >= 0.6 is 0 Å². The van der Waals surface area contributed by atoms with Gasteiger partial charge in [0.05, 0.1) is 0 Å². The molecule has 4 heteroatoms. The molecule has 22 heavy (non-hydrogen) atoms. The maximum Gasteiger partial charge on any atom is 0.160 e. The molecule has 114 valence electrons. The first kappa shape index (κ1) is 14.7. The first-order valence-electron chi connectivity index (χ1n) is 7.74. The van der Waals surface area contributed by atoms with Gasteiger partial charge in [0.15, 0.2) is 5.65 Å². The quantitative estimate of drug-likeness (QED) is 0.801. The van der Waals surface area contributed by atoms with E-state index in [-0.39, 0.29) is 6.04 Å². The lowest BCUT2D eigenvalue weighted by molar-refractivity contribution is 0.549. The molecule has 3 aromatic rings. The van der Waals surface area contributed by atoms with Crippen LogP contribution in [0.5, 0.6) is 0 Å². The number of aryl methyl sites for hydroxylation is 2. The third-order valence-electron chi connectivity index (χ3n) is 3.94. The van der Waals surface area contributed by atoms with Gasteiger partial charge in [-0.25, -0.2) is 9.97 Å². The van der Waals surface area contributed by atoms with Crippen molar-refractivity contribution in [2.24, 2.45) is 5.73 Å². The van der Waals surface area contributed by atoms with Crippen molar-refractivity contribution in [1.29, 1.82) is 0 Å². The highest BCUT2D eigenvalue weighted by Gasteiger charge is 2.15. The van der Waals surface area contributed by atoms with E-state index in [1.165, 1.54) is 5.56 Å². The van der Waals surface area contributed by atoms with Crippen LogP contribution < -0.4 is 5.73 Å². The molecular weight excluding hydrogens is 272 g/mol. The smallest absolute Gasteiger partial charge is 0.160 e. The van der Waals surface area contributed by atoms with Crippen molar-refractivity contribution >= 4 is 11.2 Å². The first-order chi connectivity index (χ1) is 10.6. The Labute approximate surface area is 131 Å². The largest absolute Gasteiger partial charge is 0.326 e. The third kappa shape index (κ3) is 2.74. The van der Waals surface area contributed by atoms with Gasteiger partial charge in [0.2, 0.25) is 0 Å². The molecule has 0 aliphatic carbocycles. The van der Waals surface area contributed by atoms with E-state index in [9.17, 15) is 0 Å². The Morgan fingerprint density at radius 2 is 2.00 bits per heavy atom. The summed E-state index contributed by atoms with van der Waals surface area (Å²) >= 11 is 0. The summed E-state index contributed by atoms with van der Waals surface area (Å²) in [6.45, 7) is 6.96. The number of nitrogens with zero attached hydrogens (tertiary/aromatic N) is 3. The van der Waals surface area contributed by atoms with E-state index in [1.807, 2.05) is 13.1 Å². The van der Waals surface area contributed by atoms with Crippen molar-refractivity contribution in [3.63, 3.8) is 0 Å². The van der Waals surface area contributed by atoms with Crippen LogP contribution in [0.1, 0.15) is 24.5 Å². The Balaban J connectivity index is 2.21. The summed E-state index contributed by atoms with van der Waals surface area (Å²) in [6.07, 6.45) is 2.82. The van der Waals surface area contributed by atoms with E-state index >= 15 is 0 Å². The summed E-state index contributed by atoms with van der Waals surface area (Å²) in [7, 11) is 0. The highest BCUT2D eigenvalue weighted by atomic mass is 15.1. The van der Waals surface area contributed by atoms with Gasteiger partial charge in [0, 0.05) is 24.3 Å². The Hall–Kier alpha value is -2.20. The highest BCUT2D eigenvalue weighted by molar-refractivity contribution is 5.77. The monoisotopic (exact) mass is 294 g/mol. The van der Waals surface area contributed by atoms with Crippen LogP contribution in [0.15, 0.2) is 36.5 Å². The molecule has 0 amide bonds. The maximum absolute atomic E-state index is 6.19. The minimum absolute atomic E-state index is 0.101. The van der Waals surface area contributed by atoms with Crippen molar-refractivity contribution < 1.29 is 0 Å². The molecule has 1 aromatic carbocycles. The molecule has 0 aliphatic heterocycles. The van der Waals surface area contributed by atoms with E-state index in [4.69, 9.17) is 10.7 Å². The van der Waals surface area contributed by atoms with E-state index in [0.29, 0.717) is 0 Å². The average Bonchev–Trinajstić information content (AvgIpc) is 2.85. The normalized spacial score (nSPS) is 12.7. The molecule has 2 N–H and O–H groups in total. The zero-order valence-corrected chi connectivity index (χ0v) is 13.4. The van der Waals surface area contributed by atoms with Crippen molar-refractivity contribution in [1.82, 2.24) is 14.5 Å². The number of aromatic nitrogens is 3. The number of hydrogen-bond donors (Lipinski definition) is 1. The minimum atomic E-state index is 0.101. The van der Waals surface area contributed by atoms with Crippen LogP contribution in [0, 0.1) is 13.8 Å². The van der Waals surface area contributed by atoms with Crippen LogP contribution in [-0.4, -0.2) is 20.6 Å². The van der Waals surface area contributed by atoms with Crippen molar-refractivity contribution in [3.05, 3.63) is 47.7 Å². The summed E-state index contributed by atoms with van der Waals surface area (Å²) in [5.41, 5.74) is 11.5. The van der Waals surface area contributed by atoms with Crippen LogP contribution in [0.25, 0.3) is 22.6 Å². The standard InChI is InChI=1S/C18H22N4/c1-4-15(19)11-22-17(14-7-5-6-12(2)8-14)21-16-9-13(3)10-20-18(16)22/h5-10,15H,4,11,19H2,1-3H3. The predicted molar refractivity (Wildman–Crippen MR) is 90.7 cm³/mol. The SMILES string of the molecule is CCC(N)Cn1c(-c2cccc(C)c2)nc2cc(C)cnc21. The Bertz CT molecular complexity index is 804. The summed E-state index contributed by atoms with van der Waals surface area (Å²) in [5, 5.41) is 0. The van der Waals surface area contributed by atoms with Gasteiger partial charge < -0.3 is 10.3 Å². The lowest BCUT2D eigenvalue weighted by atomic mass is 10.1. The second kappa shape index (κ2) is 5.89. The summed E-state index contributed by atoms with van der Waals surface area (Å²) < 4.78 is 2.15. The number of pyridine rings is 1. The molecule has 0 fully saturated rings. The lowest BCUT2D eigenvalue weighted by Gasteiger charge is -2.13. The zero-order chi connectivity index (χ0) is 15.7. The molecule has 0 saturated carbocycles. The number of benzene rings is 1. The number of hydrogen-bond acceptors (Lipinski definition) is 3. The molecule has 0 aliphatic rings. The van der Waals surface area contributed by atoms with Crippen molar-refractivity contribution in [3.8, 4) is 11.4 Å². The van der Waals surface area contributed by atoms with Crippen LogP contribution in [0.3, 0.4) is 0 Å². The van der Waals surface area contributed by atoms with Crippen LogP contribution in [-0.2, 0) is 6.54 Å². The number of fused-ring (bicyclic) bond motifs is 1. The molecule has 1 atom stereocenters. The second-order valence-corrected chi connectivity index (χ2v) is 5.94. The highest BCUT2D eigenvalue weighted by Crippen LogP contribution is 2.25. The van der Waals surface area contributed by atoms with E-state index in [1.54, 1.807) is 0 Å².